The standard InChI is InChI=1S/C12H26N2O/c1-5-12(3,9-15)8-13-11-6-10(2)14(4)7-11/h10-11,13,15H,5-9H2,1-4H3. The minimum atomic E-state index is 0.0460. The van der Waals surface area contributed by atoms with Crippen molar-refractivity contribution in [2.75, 3.05) is 26.7 Å². The molecule has 1 heterocycles. The first kappa shape index (κ1) is 12.9. The predicted molar refractivity (Wildman–Crippen MR) is 64.0 cm³/mol. The van der Waals surface area contributed by atoms with Crippen molar-refractivity contribution >= 4 is 0 Å². The molecule has 0 aromatic rings. The van der Waals surface area contributed by atoms with Crippen molar-refractivity contribution in [2.24, 2.45) is 5.41 Å². The minimum Gasteiger partial charge on any atom is -0.396 e. The third-order valence-corrected chi connectivity index (χ3v) is 3.94. The van der Waals surface area contributed by atoms with Crippen LogP contribution in [0.1, 0.15) is 33.6 Å². The third-order valence-electron chi connectivity index (χ3n) is 3.94. The lowest BCUT2D eigenvalue weighted by Crippen LogP contribution is -2.41. The number of hydrogen-bond donors (Lipinski definition) is 2. The normalized spacial score (nSPS) is 31.8. The Labute approximate surface area is 93.9 Å². The summed E-state index contributed by atoms with van der Waals surface area (Å²) in [5.74, 6) is 0. The Balaban J connectivity index is 2.32. The van der Waals surface area contributed by atoms with E-state index in [0.29, 0.717) is 12.1 Å². The first-order chi connectivity index (χ1) is 7.00. The van der Waals surface area contributed by atoms with Crippen molar-refractivity contribution in [2.45, 2.75) is 45.7 Å². The average Bonchev–Trinajstić information content (AvgIpc) is 2.55. The van der Waals surface area contributed by atoms with Gasteiger partial charge in [0.05, 0.1) is 0 Å². The number of likely N-dealkylation sites (N-methyl/N-ethyl adjacent to an activating group) is 1. The summed E-state index contributed by atoms with van der Waals surface area (Å²) in [6.45, 7) is 8.88. The highest BCUT2D eigenvalue weighted by molar-refractivity contribution is 4.87. The highest BCUT2D eigenvalue weighted by Gasteiger charge is 2.28. The van der Waals surface area contributed by atoms with Crippen LogP contribution < -0.4 is 5.32 Å². The molecule has 3 unspecified atom stereocenters. The highest BCUT2D eigenvalue weighted by Crippen LogP contribution is 2.21. The van der Waals surface area contributed by atoms with Crippen molar-refractivity contribution in [3.8, 4) is 0 Å². The van der Waals surface area contributed by atoms with Gasteiger partial charge in [-0.1, -0.05) is 13.8 Å². The van der Waals surface area contributed by atoms with E-state index in [1.807, 2.05) is 0 Å². The summed E-state index contributed by atoms with van der Waals surface area (Å²) in [6, 6.07) is 1.28. The van der Waals surface area contributed by atoms with E-state index in [1.54, 1.807) is 0 Å². The Morgan fingerprint density at radius 3 is 2.60 bits per heavy atom. The van der Waals surface area contributed by atoms with E-state index in [0.717, 1.165) is 19.5 Å². The molecule has 0 bridgehead atoms. The Hall–Kier alpha value is -0.120. The van der Waals surface area contributed by atoms with Crippen LogP contribution in [-0.4, -0.2) is 48.8 Å². The van der Waals surface area contributed by atoms with Crippen LogP contribution >= 0.6 is 0 Å². The van der Waals surface area contributed by atoms with Gasteiger partial charge in [-0.15, -0.1) is 0 Å². The fourth-order valence-corrected chi connectivity index (χ4v) is 2.03. The van der Waals surface area contributed by atoms with Gasteiger partial charge in [0.2, 0.25) is 0 Å². The van der Waals surface area contributed by atoms with Crippen LogP contribution in [0.3, 0.4) is 0 Å². The van der Waals surface area contributed by atoms with Gasteiger partial charge in [-0.2, -0.15) is 0 Å². The summed E-state index contributed by atoms with van der Waals surface area (Å²) >= 11 is 0. The second-order valence-electron chi connectivity index (χ2n) is 5.42. The molecule has 1 fully saturated rings. The van der Waals surface area contributed by atoms with E-state index in [1.165, 1.54) is 6.42 Å². The molecule has 0 spiro atoms. The van der Waals surface area contributed by atoms with Gasteiger partial charge in [0.25, 0.3) is 0 Å². The van der Waals surface area contributed by atoms with Gasteiger partial charge in [0.15, 0.2) is 0 Å². The maximum atomic E-state index is 9.31. The van der Waals surface area contributed by atoms with E-state index in [4.69, 9.17) is 0 Å². The Morgan fingerprint density at radius 2 is 2.20 bits per heavy atom. The largest absolute Gasteiger partial charge is 0.396 e. The fraction of sp³-hybridized carbons (Fsp3) is 1.00. The van der Waals surface area contributed by atoms with Crippen LogP contribution in [0.5, 0.6) is 0 Å². The van der Waals surface area contributed by atoms with Gasteiger partial charge in [0.1, 0.15) is 0 Å². The summed E-state index contributed by atoms with van der Waals surface area (Å²) in [7, 11) is 2.18. The van der Waals surface area contributed by atoms with Gasteiger partial charge < -0.3 is 15.3 Å². The molecule has 0 radical (unpaired) electrons. The molecule has 3 atom stereocenters. The number of likely N-dealkylation sites (tertiary alicyclic amines) is 1. The SMILES string of the molecule is CCC(C)(CO)CNC1CC(C)N(C)C1. The first-order valence-corrected chi connectivity index (χ1v) is 6.05. The molecule has 15 heavy (non-hydrogen) atoms. The molecule has 1 aliphatic rings. The summed E-state index contributed by atoms with van der Waals surface area (Å²) in [4.78, 5) is 2.39. The second kappa shape index (κ2) is 5.28. The maximum absolute atomic E-state index is 9.31. The van der Waals surface area contributed by atoms with E-state index >= 15 is 0 Å². The zero-order chi connectivity index (χ0) is 11.5. The van der Waals surface area contributed by atoms with Gasteiger partial charge >= 0.3 is 0 Å². The van der Waals surface area contributed by atoms with Gasteiger partial charge in [-0.25, -0.2) is 0 Å². The second-order valence-corrected chi connectivity index (χ2v) is 5.42. The van der Waals surface area contributed by atoms with Crippen LogP contribution in [0.4, 0.5) is 0 Å². The summed E-state index contributed by atoms with van der Waals surface area (Å²) in [5.41, 5.74) is 0.0460. The highest BCUT2D eigenvalue weighted by atomic mass is 16.3. The molecule has 0 aliphatic carbocycles. The fourth-order valence-electron chi connectivity index (χ4n) is 2.03. The number of nitrogens with zero attached hydrogens (tertiary/aromatic N) is 1. The smallest absolute Gasteiger partial charge is 0.0496 e. The van der Waals surface area contributed by atoms with Crippen LogP contribution in [-0.2, 0) is 0 Å². The molecular weight excluding hydrogens is 188 g/mol. The quantitative estimate of drug-likeness (QED) is 0.719. The van der Waals surface area contributed by atoms with Gasteiger partial charge in [-0.3, -0.25) is 0 Å². The molecular formula is C12H26N2O. The first-order valence-electron chi connectivity index (χ1n) is 6.05. The monoisotopic (exact) mass is 214 g/mol. The Kier molecular flexibility index (Phi) is 4.56. The van der Waals surface area contributed by atoms with Crippen molar-refractivity contribution in [1.29, 1.82) is 0 Å². The molecule has 2 N–H and O–H groups in total. The van der Waals surface area contributed by atoms with Crippen LogP contribution in [0.15, 0.2) is 0 Å². The Bertz CT molecular complexity index is 182. The van der Waals surface area contributed by atoms with Crippen molar-refractivity contribution in [3.63, 3.8) is 0 Å². The zero-order valence-corrected chi connectivity index (χ0v) is 10.6. The maximum Gasteiger partial charge on any atom is 0.0496 e. The van der Waals surface area contributed by atoms with Crippen LogP contribution in [0, 0.1) is 5.41 Å². The van der Waals surface area contributed by atoms with Gasteiger partial charge in [0, 0.05) is 37.2 Å². The number of rotatable bonds is 5. The van der Waals surface area contributed by atoms with Crippen molar-refractivity contribution < 1.29 is 5.11 Å². The van der Waals surface area contributed by atoms with E-state index in [-0.39, 0.29) is 12.0 Å². The van der Waals surface area contributed by atoms with Crippen LogP contribution in [0.2, 0.25) is 0 Å². The molecule has 0 saturated carbocycles. The lowest BCUT2D eigenvalue weighted by atomic mass is 9.88. The number of aliphatic hydroxyl groups is 1. The van der Waals surface area contributed by atoms with Gasteiger partial charge in [-0.05, 0) is 26.8 Å². The molecule has 0 amide bonds. The predicted octanol–water partition coefficient (Wildman–Crippen LogP) is 1.08. The third kappa shape index (κ3) is 3.44. The lowest BCUT2D eigenvalue weighted by molar-refractivity contribution is 0.132. The molecule has 1 saturated heterocycles. The number of nitrogens with one attached hydrogen (secondary N) is 1. The Morgan fingerprint density at radius 1 is 1.53 bits per heavy atom. The molecule has 3 heteroatoms. The topological polar surface area (TPSA) is 35.5 Å². The molecule has 1 rings (SSSR count). The summed E-state index contributed by atoms with van der Waals surface area (Å²) in [6.07, 6.45) is 2.25. The van der Waals surface area contributed by atoms with E-state index in [9.17, 15) is 5.11 Å². The van der Waals surface area contributed by atoms with Crippen LogP contribution in [0.25, 0.3) is 0 Å². The summed E-state index contributed by atoms with van der Waals surface area (Å²) < 4.78 is 0. The average molecular weight is 214 g/mol. The molecule has 0 aromatic heterocycles. The molecule has 90 valence electrons. The van der Waals surface area contributed by atoms with Crippen molar-refractivity contribution in [1.82, 2.24) is 10.2 Å². The minimum absolute atomic E-state index is 0.0460. The zero-order valence-electron chi connectivity index (χ0n) is 10.6. The van der Waals surface area contributed by atoms with E-state index in [2.05, 4.69) is 38.0 Å². The molecule has 1 aliphatic heterocycles. The lowest BCUT2D eigenvalue weighted by Gasteiger charge is -2.27. The number of hydrogen-bond acceptors (Lipinski definition) is 3. The molecule has 0 aromatic carbocycles. The molecule has 3 nitrogen and oxygen atoms in total. The van der Waals surface area contributed by atoms with Crippen molar-refractivity contribution in [3.05, 3.63) is 0 Å². The van der Waals surface area contributed by atoms with E-state index < -0.39 is 0 Å². The summed E-state index contributed by atoms with van der Waals surface area (Å²) in [5, 5.41) is 12.9. The number of aliphatic hydroxyl groups excluding tert-OH is 1.